The molecule has 1 fully saturated rings. The number of nitrogens with one attached hydrogen (secondary N) is 1. The van der Waals surface area contributed by atoms with Crippen LogP contribution in [-0.2, 0) is 14.4 Å². The molecule has 1 aromatic rings. The zero-order valence-electron chi connectivity index (χ0n) is 13.8. The summed E-state index contributed by atoms with van der Waals surface area (Å²) in [5.41, 5.74) is 5.76. The molecule has 2 rings (SSSR count). The largest absolute Gasteiger partial charge is 0.366 e. The molecule has 9 heteroatoms. The molecular weight excluding hydrogens is 328 g/mol. The number of rotatable bonds is 6. The highest BCUT2D eigenvalue weighted by atomic mass is 16.2. The lowest BCUT2D eigenvalue weighted by atomic mass is 10.2. The molecule has 0 saturated carbocycles. The quantitative estimate of drug-likeness (QED) is 0.560. The highest BCUT2D eigenvalue weighted by molar-refractivity contribution is 6.45. The van der Waals surface area contributed by atoms with Crippen molar-refractivity contribution in [1.82, 2.24) is 9.80 Å². The zero-order chi connectivity index (χ0) is 18.7. The summed E-state index contributed by atoms with van der Waals surface area (Å²) in [7, 11) is 0. The van der Waals surface area contributed by atoms with Crippen molar-refractivity contribution >= 4 is 35.3 Å². The SMILES string of the molecule is CC(C)CN1C(=O)C(=O)N(CC(=O)Nc2ccc(C(N)=O)cc2)C1=O. The number of imide groups is 2. The third-order valence-electron chi connectivity index (χ3n) is 3.44. The van der Waals surface area contributed by atoms with E-state index < -0.39 is 36.2 Å². The van der Waals surface area contributed by atoms with E-state index >= 15 is 0 Å². The lowest BCUT2D eigenvalue weighted by Gasteiger charge is -2.16. The van der Waals surface area contributed by atoms with Gasteiger partial charge in [0.2, 0.25) is 11.8 Å². The van der Waals surface area contributed by atoms with E-state index in [0.717, 1.165) is 4.90 Å². The molecule has 0 aliphatic carbocycles. The topological polar surface area (TPSA) is 130 Å². The van der Waals surface area contributed by atoms with Crippen LogP contribution in [0.4, 0.5) is 10.5 Å². The molecule has 3 N–H and O–H groups in total. The van der Waals surface area contributed by atoms with Crippen molar-refractivity contribution < 1.29 is 24.0 Å². The Bertz CT molecular complexity index is 741. The molecular formula is C16H18N4O5. The third kappa shape index (κ3) is 4.00. The van der Waals surface area contributed by atoms with Crippen molar-refractivity contribution in [1.29, 1.82) is 0 Å². The van der Waals surface area contributed by atoms with E-state index in [1.54, 1.807) is 13.8 Å². The van der Waals surface area contributed by atoms with Crippen LogP contribution in [0.15, 0.2) is 24.3 Å². The van der Waals surface area contributed by atoms with E-state index in [4.69, 9.17) is 5.73 Å². The van der Waals surface area contributed by atoms with Crippen LogP contribution in [0.5, 0.6) is 0 Å². The van der Waals surface area contributed by atoms with Crippen LogP contribution in [0, 0.1) is 5.92 Å². The Morgan fingerprint density at radius 3 is 2.12 bits per heavy atom. The van der Waals surface area contributed by atoms with Crippen LogP contribution in [-0.4, -0.2) is 52.5 Å². The number of benzene rings is 1. The number of nitrogens with two attached hydrogens (primary N) is 1. The minimum absolute atomic E-state index is 0.00162. The van der Waals surface area contributed by atoms with E-state index in [9.17, 15) is 24.0 Å². The highest BCUT2D eigenvalue weighted by Gasteiger charge is 2.45. The molecule has 0 aromatic heterocycles. The fourth-order valence-electron chi connectivity index (χ4n) is 2.28. The van der Waals surface area contributed by atoms with Crippen molar-refractivity contribution in [3.63, 3.8) is 0 Å². The highest BCUT2D eigenvalue weighted by Crippen LogP contribution is 2.15. The van der Waals surface area contributed by atoms with Crippen molar-refractivity contribution in [2.24, 2.45) is 11.7 Å². The molecule has 0 spiro atoms. The first-order chi connectivity index (χ1) is 11.7. The van der Waals surface area contributed by atoms with Gasteiger partial charge in [-0.05, 0) is 30.2 Å². The molecule has 1 saturated heterocycles. The van der Waals surface area contributed by atoms with Gasteiger partial charge < -0.3 is 11.1 Å². The molecule has 0 atom stereocenters. The normalized spacial score (nSPS) is 14.4. The average Bonchev–Trinajstić information content (AvgIpc) is 2.73. The Morgan fingerprint density at radius 2 is 1.60 bits per heavy atom. The Labute approximate surface area is 143 Å². The van der Waals surface area contributed by atoms with Gasteiger partial charge in [-0.1, -0.05) is 13.8 Å². The summed E-state index contributed by atoms with van der Waals surface area (Å²) < 4.78 is 0. The summed E-state index contributed by atoms with van der Waals surface area (Å²) >= 11 is 0. The van der Waals surface area contributed by atoms with Crippen LogP contribution < -0.4 is 11.1 Å². The van der Waals surface area contributed by atoms with Crippen molar-refractivity contribution in [2.75, 3.05) is 18.4 Å². The Balaban J connectivity index is 2.02. The minimum Gasteiger partial charge on any atom is -0.366 e. The van der Waals surface area contributed by atoms with Crippen molar-refractivity contribution in [3.8, 4) is 0 Å². The van der Waals surface area contributed by atoms with Gasteiger partial charge in [0.05, 0.1) is 0 Å². The number of primary amides is 1. The van der Waals surface area contributed by atoms with E-state index in [1.165, 1.54) is 24.3 Å². The predicted octanol–water partition coefficient (Wildman–Crippen LogP) is 0.171. The number of anilines is 1. The molecule has 1 aliphatic rings. The smallest absolute Gasteiger partial charge is 0.334 e. The summed E-state index contributed by atoms with van der Waals surface area (Å²) in [6.45, 7) is 3.14. The van der Waals surface area contributed by atoms with Crippen LogP contribution in [0.25, 0.3) is 0 Å². The summed E-state index contributed by atoms with van der Waals surface area (Å²) in [4.78, 5) is 60.4. The number of hydrogen-bond donors (Lipinski definition) is 2. The zero-order valence-corrected chi connectivity index (χ0v) is 13.8. The van der Waals surface area contributed by atoms with Gasteiger partial charge in [-0.15, -0.1) is 0 Å². The molecule has 132 valence electrons. The number of nitrogens with zero attached hydrogens (tertiary/aromatic N) is 2. The van der Waals surface area contributed by atoms with Gasteiger partial charge in [0, 0.05) is 17.8 Å². The first-order valence-electron chi connectivity index (χ1n) is 7.57. The van der Waals surface area contributed by atoms with Crippen LogP contribution in [0.1, 0.15) is 24.2 Å². The fraction of sp³-hybridized carbons (Fsp3) is 0.312. The van der Waals surface area contributed by atoms with Crippen LogP contribution in [0.2, 0.25) is 0 Å². The van der Waals surface area contributed by atoms with E-state index in [1.807, 2.05) is 0 Å². The van der Waals surface area contributed by atoms with Gasteiger partial charge in [-0.3, -0.25) is 24.1 Å². The van der Waals surface area contributed by atoms with Gasteiger partial charge in [0.1, 0.15) is 6.54 Å². The van der Waals surface area contributed by atoms with Crippen LogP contribution >= 0.6 is 0 Å². The molecule has 0 radical (unpaired) electrons. The van der Waals surface area contributed by atoms with E-state index in [2.05, 4.69) is 5.32 Å². The second-order valence-electron chi connectivity index (χ2n) is 5.97. The van der Waals surface area contributed by atoms with Gasteiger partial charge in [-0.25, -0.2) is 9.69 Å². The number of carbonyl (C=O) groups excluding carboxylic acids is 5. The first-order valence-corrected chi connectivity index (χ1v) is 7.57. The molecule has 9 nitrogen and oxygen atoms in total. The standard InChI is InChI=1S/C16H18N4O5/c1-9(2)7-19-14(23)15(24)20(16(19)25)8-12(21)18-11-5-3-10(4-6-11)13(17)22/h3-6,9H,7-8H2,1-2H3,(H2,17,22)(H,18,21). The lowest BCUT2D eigenvalue weighted by Crippen LogP contribution is -2.39. The van der Waals surface area contributed by atoms with Crippen molar-refractivity contribution in [2.45, 2.75) is 13.8 Å². The molecule has 1 heterocycles. The minimum atomic E-state index is -1.02. The van der Waals surface area contributed by atoms with Gasteiger partial charge in [-0.2, -0.15) is 0 Å². The fourth-order valence-corrected chi connectivity index (χ4v) is 2.28. The third-order valence-corrected chi connectivity index (χ3v) is 3.44. The van der Waals surface area contributed by atoms with Gasteiger partial charge >= 0.3 is 17.8 Å². The second kappa shape index (κ2) is 7.12. The molecule has 25 heavy (non-hydrogen) atoms. The maximum atomic E-state index is 12.1. The summed E-state index contributed by atoms with van der Waals surface area (Å²) in [5.74, 6) is -3.21. The molecule has 1 aromatic carbocycles. The molecule has 1 aliphatic heterocycles. The summed E-state index contributed by atoms with van der Waals surface area (Å²) in [6, 6.07) is 4.97. The first kappa shape index (κ1) is 18.1. The Morgan fingerprint density at radius 1 is 1.04 bits per heavy atom. The number of hydrogen-bond acceptors (Lipinski definition) is 5. The van der Waals surface area contributed by atoms with E-state index in [0.29, 0.717) is 10.6 Å². The Hall–Kier alpha value is -3.23. The molecule has 0 unspecified atom stereocenters. The number of urea groups is 1. The maximum Gasteiger partial charge on any atom is 0.334 e. The second-order valence-corrected chi connectivity index (χ2v) is 5.97. The van der Waals surface area contributed by atoms with E-state index in [-0.39, 0.29) is 18.0 Å². The van der Waals surface area contributed by atoms with Crippen molar-refractivity contribution in [3.05, 3.63) is 29.8 Å². The molecule has 0 bridgehead atoms. The number of carbonyl (C=O) groups is 5. The maximum absolute atomic E-state index is 12.1. The monoisotopic (exact) mass is 346 g/mol. The summed E-state index contributed by atoms with van der Waals surface area (Å²) in [6.07, 6.45) is 0. The van der Waals surface area contributed by atoms with Gasteiger partial charge in [0.15, 0.2) is 0 Å². The average molecular weight is 346 g/mol. The lowest BCUT2D eigenvalue weighted by molar-refractivity contribution is -0.143. The molecule has 6 amide bonds. The van der Waals surface area contributed by atoms with Crippen LogP contribution in [0.3, 0.4) is 0 Å². The number of amides is 6. The Kier molecular flexibility index (Phi) is 5.16. The summed E-state index contributed by atoms with van der Waals surface area (Å²) in [5, 5.41) is 2.48. The van der Waals surface area contributed by atoms with Gasteiger partial charge in [0.25, 0.3) is 0 Å². The predicted molar refractivity (Wildman–Crippen MR) is 87.2 cm³/mol.